The van der Waals surface area contributed by atoms with Crippen molar-refractivity contribution in [3.63, 3.8) is 0 Å². The van der Waals surface area contributed by atoms with Crippen LogP contribution in [0.1, 0.15) is 24.7 Å². The number of carbonyl (C=O) groups is 1. The minimum Gasteiger partial charge on any atom is -0.493 e. The quantitative estimate of drug-likeness (QED) is 0.609. The van der Waals surface area contributed by atoms with E-state index in [-0.39, 0.29) is 30.8 Å². The Balaban J connectivity index is 1.60. The fraction of sp³-hybridized carbons (Fsp3) is 0.316. The van der Waals surface area contributed by atoms with Gasteiger partial charge in [-0.15, -0.1) is 10.2 Å². The smallest absolute Gasteiger partial charge is 0.224 e. The number of hydrogen-bond donors (Lipinski definition) is 1. The monoisotopic (exact) mass is 388 g/mol. The van der Waals surface area contributed by atoms with E-state index in [1.165, 1.54) is 24.3 Å². The van der Waals surface area contributed by atoms with Gasteiger partial charge in [-0.2, -0.15) is 11.8 Å². The number of nitrogens with zero attached hydrogens (tertiary/aromatic N) is 3. The predicted octanol–water partition coefficient (Wildman–Crippen LogP) is 3.25. The maximum absolute atomic E-state index is 12.9. The lowest BCUT2D eigenvalue weighted by atomic mass is 10.2. The van der Waals surface area contributed by atoms with Gasteiger partial charge in [-0.3, -0.25) is 9.20 Å². The van der Waals surface area contributed by atoms with Crippen LogP contribution in [0.3, 0.4) is 0 Å². The Morgan fingerprint density at radius 1 is 1.26 bits per heavy atom. The number of fused-ring (bicyclic) bond motifs is 1. The second-order valence-corrected chi connectivity index (χ2v) is 6.93. The standard InChI is InChI=1S/C19H21FN4O2S/c1-27-13-10-16(19-23-22-17-4-2-3-11-24(17)19)21-18(25)9-12-26-15-7-5-14(20)6-8-15/h2-8,11,16H,9-10,12-13H2,1H3,(H,21,25). The van der Waals surface area contributed by atoms with Gasteiger partial charge in [0.05, 0.1) is 19.1 Å². The first kappa shape index (κ1) is 19.2. The van der Waals surface area contributed by atoms with Crippen LogP contribution in [0.25, 0.3) is 5.65 Å². The molecule has 1 unspecified atom stereocenters. The van der Waals surface area contributed by atoms with Gasteiger partial charge in [0.2, 0.25) is 5.91 Å². The van der Waals surface area contributed by atoms with Crippen molar-refractivity contribution in [2.75, 3.05) is 18.6 Å². The van der Waals surface area contributed by atoms with Gasteiger partial charge in [-0.25, -0.2) is 4.39 Å². The van der Waals surface area contributed by atoms with Crippen LogP contribution in [0.5, 0.6) is 5.75 Å². The van der Waals surface area contributed by atoms with Crippen LogP contribution in [0.4, 0.5) is 4.39 Å². The van der Waals surface area contributed by atoms with Crippen molar-refractivity contribution in [2.24, 2.45) is 0 Å². The Morgan fingerprint density at radius 3 is 2.85 bits per heavy atom. The molecule has 0 fully saturated rings. The second-order valence-electron chi connectivity index (χ2n) is 5.94. The topological polar surface area (TPSA) is 68.5 Å². The summed E-state index contributed by atoms with van der Waals surface area (Å²) in [7, 11) is 0. The van der Waals surface area contributed by atoms with Gasteiger partial charge in [0, 0.05) is 6.20 Å². The molecule has 0 aliphatic carbocycles. The molecule has 2 aromatic heterocycles. The van der Waals surface area contributed by atoms with E-state index in [9.17, 15) is 9.18 Å². The van der Waals surface area contributed by atoms with Gasteiger partial charge in [0.25, 0.3) is 0 Å². The molecule has 8 heteroatoms. The number of aromatic nitrogens is 3. The fourth-order valence-corrected chi connectivity index (χ4v) is 3.13. The molecule has 2 heterocycles. The first-order valence-corrected chi connectivity index (χ1v) is 10.0. The fourth-order valence-electron chi connectivity index (χ4n) is 2.66. The highest BCUT2D eigenvalue weighted by molar-refractivity contribution is 7.98. The zero-order valence-electron chi connectivity index (χ0n) is 15.0. The van der Waals surface area contributed by atoms with E-state index in [1.807, 2.05) is 35.1 Å². The van der Waals surface area contributed by atoms with Crippen LogP contribution in [-0.2, 0) is 4.79 Å². The predicted molar refractivity (Wildman–Crippen MR) is 103 cm³/mol. The summed E-state index contributed by atoms with van der Waals surface area (Å²) in [4.78, 5) is 12.4. The Kier molecular flexibility index (Phi) is 6.64. The number of thioether (sulfide) groups is 1. The van der Waals surface area contributed by atoms with E-state index in [0.29, 0.717) is 11.6 Å². The number of ether oxygens (including phenoxy) is 1. The zero-order chi connectivity index (χ0) is 19.1. The highest BCUT2D eigenvalue weighted by Gasteiger charge is 2.20. The van der Waals surface area contributed by atoms with E-state index < -0.39 is 0 Å². The molecule has 1 atom stereocenters. The number of nitrogens with one attached hydrogen (secondary N) is 1. The Labute approximate surface area is 161 Å². The van der Waals surface area contributed by atoms with Gasteiger partial charge < -0.3 is 10.1 Å². The van der Waals surface area contributed by atoms with E-state index in [0.717, 1.165) is 17.8 Å². The molecule has 3 aromatic rings. The maximum Gasteiger partial charge on any atom is 0.224 e. The largest absolute Gasteiger partial charge is 0.493 e. The van der Waals surface area contributed by atoms with E-state index in [2.05, 4.69) is 15.5 Å². The normalized spacial score (nSPS) is 12.1. The summed E-state index contributed by atoms with van der Waals surface area (Å²) in [6, 6.07) is 11.2. The van der Waals surface area contributed by atoms with Crippen molar-refractivity contribution in [2.45, 2.75) is 18.9 Å². The average Bonchev–Trinajstić information content (AvgIpc) is 3.11. The first-order chi connectivity index (χ1) is 13.2. The molecule has 1 amide bonds. The lowest BCUT2D eigenvalue weighted by Crippen LogP contribution is -2.31. The van der Waals surface area contributed by atoms with Gasteiger partial charge in [0.1, 0.15) is 11.6 Å². The molecule has 0 radical (unpaired) electrons. The van der Waals surface area contributed by atoms with E-state index >= 15 is 0 Å². The molecule has 0 spiro atoms. The van der Waals surface area contributed by atoms with Crippen molar-refractivity contribution in [3.05, 3.63) is 60.3 Å². The summed E-state index contributed by atoms with van der Waals surface area (Å²) in [5.74, 6) is 1.69. The molecule has 0 aliphatic rings. The van der Waals surface area contributed by atoms with Crippen LogP contribution in [0, 0.1) is 5.82 Å². The summed E-state index contributed by atoms with van der Waals surface area (Å²) in [5, 5.41) is 11.4. The number of halogens is 1. The molecule has 142 valence electrons. The molecule has 1 N–H and O–H groups in total. The minimum absolute atomic E-state index is 0.129. The third-order valence-electron chi connectivity index (χ3n) is 4.01. The lowest BCUT2D eigenvalue weighted by Gasteiger charge is -2.17. The van der Waals surface area contributed by atoms with Crippen LogP contribution < -0.4 is 10.1 Å². The molecule has 1 aromatic carbocycles. The van der Waals surface area contributed by atoms with Crippen molar-refractivity contribution in [1.29, 1.82) is 0 Å². The van der Waals surface area contributed by atoms with Crippen LogP contribution in [-0.4, -0.2) is 39.1 Å². The average molecular weight is 388 g/mol. The van der Waals surface area contributed by atoms with Crippen molar-refractivity contribution in [1.82, 2.24) is 19.9 Å². The first-order valence-electron chi connectivity index (χ1n) is 8.63. The summed E-state index contributed by atoms with van der Waals surface area (Å²) in [6.45, 7) is 0.216. The minimum atomic E-state index is -0.322. The van der Waals surface area contributed by atoms with E-state index in [1.54, 1.807) is 11.8 Å². The highest BCUT2D eigenvalue weighted by atomic mass is 32.2. The number of carbonyl (C=O) groups excluding carboxylic acids is 1. The number of rotatable bonds is 9. The number of amides is 1. The Morgan fingerprint density at radius 2 is 2.07 bits per heavy atom. The molecule has 6 nitrogen and oxygen atoms in total. The van der Waals surface area contributed by atoms with Gasteiger partial charge in [-0.1, -0.05) is 6.07 Å². The van der Waals surface area contributed by atoms with Crippen molar-refractivity contribution < 1.29 is 13.9 Å². The molecular weight excluding hydrogens is 367 g/mol. The summed E-state index contributed by atoms with van der Waals surface area (Å²) >= 11 is 1.71. The third kappa shape index (κ3) is 5.19. The van der Waals surface area contributed by atoms with Gasteiger partial charge >= 0.3 is 0 Å². The maximum atomic E-state index is 12.9. The number of hydrogen-bond acceptors (Lipinski definition) is 5. The zero-order valence-corrected chi connectivity index (χ0v) is 15.8. The van der Waals surface area contributed by atoms with Crippen molar-refractivity contribution in [3.8, 4) is 5.75 Å². The molecule has 0 bridgehead atoms. The molecule has 0 aliphatic heterocycles. The lowest BCUT2D eigenvalue weighted by molar-refractivity contribution is -0.122. The third-order valence-corrected chi connectivity index (χ3v) is 4.65. The highest BCUT2D eigenvalue weighted by Crippen LogP contribution is 2.18. The van der Waals surface area contributed by atoms with Crippen LogP contribution in [0.15, 0.2) is 48.7 Å². The Hall–Kier alpha value is -2.61. The summed E-state index contributed by atoms with van der Waals surface area (Å²) < 4.78 is 20.3. The second kappa shape index (κ2) is 9.36. The summed E-state index contributed by atoms with van der Waals surface area (Å²) in [5.41, 5.74) is 0.746. The SMILES string of the molecule is CSCCC(NC(=O)CCOc1ccc(F)cc1)c1nnc2ccccn12. The van der Waals surface area contributed by atoms with Crippen LogP contribution >= 0.6 is 11.8 Å². The van der Waals surface area contributed by atoms with Gasteiger partial charge in [-0.05, 0) is 54.8 Å². The Bertz CT molecular complexity index is 885. The number of pyridine rings is 1. The molecule has 0 saturated carbocycles. The van der Waals surface area contributed by atoms with Crippen LogP contribution in [0.2, 0.25) is 0 Å². The molecule has 3 rings (SSSR count). The van der Waals surface area contributed by atoms with Crippen molar-refractivity contribution >= 4 is 23.3 Å². The molecule has 0 saturated heterocycles. The van der Waals surface area contributed by atoms with Gasteiger partial charge in [0.15, 0.2) is 11.5 Å². The molecule has 27 heavy (non-hydrogen) atoms. The van der Waals surface area contributed by atoms with E-state index in [4.69, 9.17) is 4.74 Å². The number of benzene rings is 1. The molecular formula is C19H21FN4O2S. The summed E-state index contributed by atoms with van der Waals surface area (Å²) in [6.07, 6.45) is 4.86.